The molecule has 19 heavy (non-hydrogen) atoms. The van der Waals surface area contributed by atoms with Gasteiger partial charge in [0.05, 0.1) is 14.9 Å². The molecule has 2 aromatic rings. The molecule has 0 fully saturated rings. The molecule has 3 nitrogen and oxygen atoms in total. The van der Waals surface area contributed by atoms with E-state index >= 15 is 0 Å². The van der Waals surface area contributed by atoms with Crippen LogP contribution in [0.1, 0.15) is 25.6 Å². The lowest BCUT2D eigenvalue weighted by Crippen LogP contribution is -2.04. The van der Waals surface area contributed by atoms with E-state index in [0.29, 0.717) is 0 Å². The second-order valence-electron chi connectivity index (χ2n) is 3.86. The van der Waals surface area contributed by atoms with E-state index in [1.54, 1.807) is 6.92 Å². The fourth-order valence-corrected chi connectivity index (χ4v) is 1.52. The van der Waals surface area contributed by atoms with Crippen LogP contribution in [0.2, 0.25) is 0 Å². The van der Waals surface area contributed by atoms with Gasteiger partial charge in [0.25, 0.3) is 0 Å². The molecule has 2 rings (SSSR count). The summed E-state index contributed by atoms with van der Waals surface area (Å²) in [5, 5.41) is 0. The lowest BCUT2D eigenvalue weighted by molar-refractivity contribution is 0.0526. The Hall–Kier alpha value is -2.29. The van der Waals surface area contributed by atoms with Gasteiger partial charge in [-0.05, 0) is 36.7 Å². The van der Waals surface area contributed by atoms with Crippen LogP contribution in [-0.2, 0) is 11.3 Å². The number of benzene rings is 2. The third-order valence-electron chi connectivity index (χ3n) is 2.45. The zero-order valence-corrected chi connectivity index (χ0v) is 10.7. The monoisotopic (exact) mass is 258 g/mol. The normalized spacial score (nSPS) is 11.4. The molecule has 2 aromatic carbocycles. The second-order valence-corrected chi connectivity index (χ2v) is 3.86. The number of ether oxygens (including phenoxy) is 2. The van der Waals surface area contributed by atoms with E-state index in [4.69, 9.17) is 12.2 Å². The molecule has 0 saturated carbocycles. The highest BCUT2D eigenvalue weighted by molar-refractivity contribution is 5.89. The molecule has 0 aromatic heterocycles. The van der Waals surface area contributed by atoms with Crippen LogP contribution in [0, 0.1) is 0 Å². The molecule has 0 saturated heterocycles. The number of hydrogen-bond acceptors (Lipinski definition) is 3. The Bertz CT molecular complexity index is 604. The van der Waals surface area contributed by atoms with Crippen molar-refractivity contribution in [2.24, 2.45) is 0 Å². The average molecular weight is 258 g/mol. The highest BCUT2D eigenvalue weighted by Crippen LogP contribution is 2.14. The Balaban J connectivity index is 2.15. The van der Waals surface area contributed by atoms with E-state index < -0.39 is 5.97 Å². The first-order chi connectivity index (χ1) is 10.1. The Kier molecular flexibility index (Phi) is 3.68. The molecule has 0 amide bonds. The van der Waals surface area contributed by atoms with Crippen molar-refractivity contribution in [1.82, 2.24) is 0 Å². The van der Waals surface area contributed by atoms with Crippen molar-refractivity contribution in [1.29, 1.82) is 0 Å². The summed E-state index contributed by atoms with van der Waals surface area (Å²) in [6, 6.07) is 12.2. The maximum Gasteiger partial charge on any atom is 0.338 e. The smallest absolute Gasteiger partial charge is 0.338 e. The lowest BCUT2D eigenvalue weighted by Gasteiger charge is -2.07. The number of hydrogen-bond donors (Lipinski definition) is 0. The van der Waals surface area contributed by atoms with E-state index in [9.17, 15) is 4.79 Å². The van der Waals surface area contributed by atoms with E-state index in [2.05, 4.69) is 0 Å². The third kappa shape index (κ3) is 3.85. The molecular weight excluding hydrogens is 240 g/mol. The van der Waals surface area contributed by atoms with Crippen molar-refractivity contribution in [2.75, 3.05) is 6.61 Å². The summed E-state index contributed by atoms with van der Waals surface area (Å²) in [4.78, 5) is 11.6. The van der Waals surface area contributed by atoms with Gasteiger partial charge in [0, 0.05) is 0 Å². The van der Waals surface area contributed by atoms with Gasteiger partial charge in [0.1, 0.15) is 12.4 Å². The Morgan fingerprint density at radius 1 is 1.16 bits per heavy atom. The summed E-state index contributed by atoms with van der Waals surface area (Å²) in [6.07, 6.45) is 0. The maximum absolute atomic E-state index is 11.6. The molecule has 0 aliphatic heterocycles. The minimum atomic E-state index is -0.533. The van der Waals surface area contributed by atoms with E-state index in [-0.39, 0.29) is 36.6 Å². The van der Waals surface area contributed by atoms with Crippen LogP contribution in [-0.4, -0.2) is 12.6 Å². The zero-order chi connectivity index (χ0) is 15.2. The molecule has 0 radical (unpaired) electrons. The van der Waals surface area contributed by atoms with Crippen LogP contribution in [0.3, 0.4) is 0 Å². The van der Waals surface area contributed by atoms with Gasteiger partial charge >= 0.3 is 5.97 Å². The van der Waals surface area contributed by atoms with Crippen molar-refractivity contribution >= 4 is 5.97 Å². The predicted molar refractivity (Wildman–Crippen MR) is 73.2 cm³/mol. The topological polar surface area (TPSA) is 35.5 Å². The summed E-state index contributed by atoms with van der Waals surface area (Å²) in [6.45, 7) is 2.24. The molecule has 0 aliphatic rings. The molecule has 3 heteroatoms. The number of carbonyl (C=O) groups excluding carboxylic acids is 1. The van der Waals surface area contributed by atoms with Crippen molar-refractivity contribution < 1.29 is 17.0 Å². The number of carbonyl (C=O) groups is 1. The van der Waals surface area contributed by atoms with E-state index in [1.807, 2.05) is 30.3 Å². The zero-order valence-electron chi connectivity index (χ0n) is 12.7. The van der Waals surface area contributed by atoms with Gasteiger partial charge in [-0.3, -0.25) is 0 Å². The molecule has 0 N–H and O–H groups in total. The molecule has 0 heterocycles. The van der Waals surface area contributed by atoms with Crippen LogP contribution >= 0.6 is 0 Å². The SMILES string of the molecule is [2H]c1cc(C(=O)OCC)cc([2H])c1OCc1ccccc1. The molecular formula is C16H16O3. The van der Waals surface area contributed by atoms with Crippen molar-refractivity contribution in [2.45, 2.75) is 13.5 Å². The Morgan fingerprint density at radius 2 is 1.84 bits per heavy atom. The van der Waals surface area contributed by atoms with Crippen LogP contribution in [0.15, 0.2) is 54.5 Å². The highest BCUT2D eigenvalue weighted by atomic mass is 16.5. The molecule has 98 valence electrons. The molecule has 0 spiro atoms. The van der Waals surface area contributed by atoms with Crippen molar-refractivity contribution in [3.8, 4) is 5.75 Å². The van der Waals surface area contributed by atoms with Crippen molar-refractivity contribution in [3.05, 3.63) is 65.7 Å². The first kappa shape index (κ1) is 10.6. The van der Waals surface area contributed by atoms with Crippen molar-refractivity contribution in [3.63, 3.8) is 0 Å². The quantitative estimate of drug-likeness (QED) is 0.771. The molecule has 0 aliphatic carbocycles. The number of esters is 1. The van der Waals surface area contributed by atoms with Gasteiger partial charge < -0.3 is 9.47 Å². The van der Waals surface area contributed by atoms with Gasteiger partial charge in [0.2, 0.25) is 0 Å². The summed E-state index contributed by atoms with van der Waals surface area (Å²) >= 11 is 0. The first-order valence-electron chi connectivity index (χ1n) is 7.07. The summed E-state index contributed by atoms with van der Waals surface area (Å²) in [5.41, 5.74) is 1.14. The molecule has 0 bridgehead atoms. The minimum Gasteiger partial charge on any atom is -0.489 e. The fraction of sp³-hybridized carbons (Fsp3) is 0.188. The van der Waals surface area contributed by atoms with Crippen LogP contribution in [0.5, 0.6) is 5.75 Å². The van der Waals surface area contributed by atoms with E-state index in [1.165, 1.54) is 12.1 Å². The van der Waals surface area contributed by atoms with Gasteiger partial charge in [-0.2, -0.15) is 0 Å². The first-order valence-corrected chi connectivity index (χ1v) is 6.07. The third-order valence-corrected chi connectivity index (χ3v) is 2.45. The summed E-state index contributed by atoms with van der Waals surface area (Å²) < 4.78 is 26.2. The second kappa shape index (κ2) is 6.59. The number of rotatable bonds is 5. The minimum absolute atomic E-state index is 0.00137. The summed E-state index contributed by atoms with van der Waals surface area (Å²) in [7, 11) is 0. The molecule has 0 unspecified atom stereocenters. The average Bonchev–Trinajstić information content (AvgIpc) is 2.47. The van der Waals surface area contributed by atoms with Gasteiger partial charge in [-0.25, -0.2) is 4.79 Å². The largest absolute Gasteiger partial charge is 0.489 e. The Labute approximate surface area is 115 Å². The van der Waals surface area contributed by atoms with Crippen LogP contribution < -0.4 is 4.74 Å². The maximum atomic E-state index is 11.6. The molecule has 0 atom stereocenters. The Morgan fingerprint density at radius 3 is 2.47 bits per heavy atom. The fourth-order valence-electron chi connectivity index (χ4n) is 1.52. The summed E-state index contributed by atoms with van der Waals surface area (Å²) in [5.74, 6) is -0.374. The highest BCUT2D eigenvalue weighted by Gasteiger charge is 2.05. The van der Waals surface area contributed by atoms with E-state index in [0.717, 1.165) is 5.56 Å². The lowest BCUT2D eigenvalue weighted by atomic mass is 10.2. The van der Waals surface area contributed by atoms with Gasteiger partial charge in [-0.1, -0.05) is 30.3 Å². The van der Waals surface area contributed by atoms with Crippen LogP contribution in [0.25, 0.3) is 0 Å². The van der Waals surface area contributed by atoms with Crippen LogP contribution in [0.4, 0.5) is 0 Å². The van der Waals surface area contributed by atoms with Gasteiger partial charge in [0.15, 0.2) is 0 Å². The standard InChI is InChI=1S/C16H16O3/c1-2-18-16(17)14-8-10-15(11-9-14)19-12-13-6-4-3-5-7-13/h3-11H,2,12H2,1H3/i10D,11D. The van der Waals surface area contributed by atoms with Gasteiger partial charge in [-0.15, -0.1) is 0 Å². The predicted octanol–water partition coefficient (Wildman–Crippen LogP) is 3.44.